The summed E-state index contributed by atoms with van der Waals surface area (Å²) in [5.74, 6) is 2.02. The highest BCUT2D eigenvalue weighted by molar-refractivity contribution is 14.0. The Kier molecular flexibility index (Phi) is 11.0. The number of hydrogen-bond donors (Lipinski definition) is 2. The largest absolute Gasteiger partial charge is 0.379 e. The normalized spacial score (nSPS) is 21.8. The van der Waals surface area contributed by atoms with Gasteiger partial charge in [0.1, 0.15) is 5.82 Å². The molecule has 3 aliphatic rings. The Hall–Kier alpha value is -1.13. The zero-order chi connectivity index (χ0) is 22.1. The molecule has 8 heteroatoms. The topological polar surface area (TPSA) is 65.0 Å². The standard InChI is InChI=1S/C25H42N6O.HI/c1-2-26-24(28-20-22-9-12-27-23(19-22)30-13-7-4-8-14-30)29-21-25(10-5-3-6-11-25)31-15-17-32-18-16-31;/h9,12,19H,2-8,10-11,13-18,20-21H2,1H3,(H2,26,28,29);1H. The molecular formula is C25H43IN6O. The van der Waals surface area contributed by atoms with Crippen molar-refractivity contribution in [3.63, 3.8) is 0 Å². The van der Waals surface area contributed by atoms with Crippen molar-refractivity contribution in [1.29, 1.82) is 0 Å². The van der Waals surface area contributed by atoms with Crippen molar-refractivity contribution in [2.24, 2.45) is 4.99 Å². The monoisotopic (exact) mass is 570 g/mol. The van der Waals surface area contributed by atoms with Crippen LogP contribution in [0.4, 0.5) is 5.82 Å². The van der Waals surface area contributed by atoms with Crippen molar-refractivity contribution in [2.75, 3.05) is 57.4 Å². The van der Waals surface area contributed by atoms with Gasteiger partial charge in [-0.15, -0.1) is 24.0 Å². The smallest absolute Gasteiger partial charge is 0.191 e. The zero-order valence-corrected chi connectivity index (χ0v) is 22.7. The molecule has 1 aromatic rings. The van der Waals surface area contributed by atoms with Crippen LogP contribution in [0.2, 0.25) is 0 Å². The first-order valence-corrected chi connectivity index (χ1v) is 12.8. The van der Waals surface area contributed by atoms with E-state index in [2.05, 4.69) is 44.5 Å². The van der Waals surface area contributed by atoms with E-state index < -0.39 is 0 Å². The van der Waals surface area contributed by atoms with Crippen LogP contribution in [0.3, 0.4) is 0 Å². The summed E-state index contributed by atoms with van der Waals surface area (Å²) in [6.45, 7) is 10.7. The maximum atomic E-state index is 5.63. The lowest BCUT2D eigenvalue weighted by Crippen LogP contribution is -2.60. The first-order chi connectivity index (χ1) is 15.8. The molecule has 7 nitrogen and oxygen atoms in total. The number of nitrogens with zero attached hydrogens (tertiary/aromatic N) is 4. The average Bonchev–Trinajstić information content (AvgIpc) is 2.87. The molecule has 0 bridgehead atoms. The van der Waals surface area contributed by atoms with Crippen molar-refractivity contribution < 1.29 is 4.74 Å². The quantitative estimate of drug-likeness (QED) is 0.296. The summed E-state index contributed by atoms with van der Waals surface area (Å²) in [6.07, 6.45) is 12.3. The van der Waals surface area contributed by atoms with E-state index in [4.69, 9.17) is 9.73 Å². The number of ether oxygens (including phenoxy) is 1. The fourth-order valence-electron chi connectivity index (χ4n) is 5.47. The Morgan fingerprint density at radius 3 is 2.48 bits per heavy atom. The minimum absolute atomic E-state index is 0. The van der Waals surface area contributed by atoms with Crippen LogP contribution in [0.1, 0.15) is 63.9 Å². The molecule has 1 aromatic heterocycles. The van der Waals surface area contributed by atoms with Crippen molar-refractivity contribution >= 4 is 35.8 Å². The maximum Gasteiger partial charge on any atom is 0.191 e. The molecule has 3 heterocycles. The molecule has 1 aliphatic carbocycles. The van der Waals surface area contributed by atoms with Crippen molar-refractivity contribution in [3.05, 3.63) is 23.9 Å². The average molecular weight is 571 g/mol. The molecule has 0 radical (unpaired) electrons. The molecule has 2 N–H and O–H groups in total. The van der Waals surface area contributed by atoms with Gasteiger partial charge in [-0.25, -0.2) is 9.98 Å². The van der Waals surface area contributed by atoms with E-state index in [1.54, 1.807) is 0 Å². The molecule has 1 saturated carbocycles. The van der Waals surface area contributed by atoms with E-state index in [9.17, 15) is 0 Å². The lowest BCUT2D eigenvalue weighted by Gasteiger charge is -2.48. The number of halogens is 1. The first-order valence-electron chi connectivity index (χ1n) is 12.8. The summed E-state index contributed by atoms with van der Waals surface area (Å²) >= 11 is 0. The van der Waals surface area contributed by atoms with Gasteiger partial charge in [0.25, 0.3) is 0 Å². The van der Waals surface area contributed by atoms with E-state index in [1.807, 2.05) is 6.20 Å². The van der Waals surface area contributed by atoms with E-state index in [0.29, 0.717) is 6.54 Å². The maximum absolute atomic E-state index is 5.63. The highest BCUT2D eigenvalue weighted by Gasteiger charge is 2.38. The van der Waals surface area contributed by atoms with E-state index >= 15 is 0 Å². The lowest BCUT2D eigenvalue weighted by molar-refractivity contribution is -0.0352. The van der Waals surface area contributed by atoms with Crippen LogP contribution >= 0.6 is 24.0 Å². The van der Waals surface area contributed by atoms with Gasteiger partial charge in [-0.3, -0.25) is 4.90 Å². The number of anilines is 1. The molecule has 0 unspecified atom stereocenters. The molecule has 0 atom stereocenters. The van der Waals surface area contributed by atoms with Crippen LogP contribution in [0.5, 0.6) is 0 Å². The minimum Gasteiger partial charge on any atom is -0.379 e. The van der Waals surface area contributed by atoms with Gasteiger partial charge in [0.2, 0.25) is 0 Å². The van der Waals surface area contributed by atoms with Gasteiger partial charge >= 0.3 is 0 Å². The van der Waals surface area contributed by atoms with Gasteiger partial charge in [-0.05, 0) is 56.7 Å². The van der Waals surface area contributed by atoms with Gasteiger partial charge in [0.15, 0.2) is 5.96 Å². The summed E-state index contributed by atoms with van der Waals surface area (Å²) in [5, 5.41) is 7.17. The van der Waals surface area contributed by atoms with Crippen LogP contribution < -0.4 is 15.5 Å². The summed E-state index contributed by atoms with van der Waals surface area (Å²) in [7, 11) is 0. The minimum atomic E-state index is 0. The van der Waals surface area contributed by atoms with Gasteiger partial charge in [0, 0.05) is 51.0 Å². The number of rotatable bonds is 7. The van der Waals surface area contributed by atoms with E-state index in [0.717, 1.165) is 64.3 Å². The first kappa shape index (κ1) is 26.5. The molecule has 33 heavy (non-hydrogen) atoms. The molecule has 0 aromatic carbocycles. The SMILES string of the molecule is CCNC(=NCc1ccnc(N2CCCCC2)c1)NCC1(N2CCOCC2)CCCCC1.I. The second kappa shape index (κ2) is 13.7. The second-order valence-electron chi connectivity index (χ2n) is 9.50. The van der Waals surface area contributed by atoms with Crippen molar-refractivity contribution in [3.8, 4) is 0 Å². The number of morpholine rings is 1. The molecule has 0 spiro atoms. The predicted octanol–water partition coefficient (Wildman–Crippen LogP) is 3.78. The summed E-state index contributed by atoms with van der Waals surface area (Å²) in [4.78, 5) is 14.6. The second-order valence-corrected chi connectivity index (χ2v) is 9.50. The van der Waals surface area contributed by atoms with Gasteiger partial charge in [0.05, 0.1) is 19.8 Å². The van der Waals surface area contributed by atoms with Crippen LogP contribution in [0.15, 0.2) is 23.3 Å². The Balaban J connectivity index is 0.00000306. The fraction of sp³-hybridized carbons (Fsp3) is 0.760. The predicted molar refractivity (Wildman–Crippen MR) is 147 cm³/mol. The van der Waals surface area contributed by atoms with Crippen molar-refractivity contribution in [2.45, 2.75) is 70.4 Å². The fourth-order valence-corrected chi connectivity index (χ4v) is 5.47. The molecular weight excluding hydrogens is 527 g/mol. The number of aliphatic imine (C=N–C) groups is 1. The molecule has 3 fully saturated rings. The van der Waals surface area contributed by atoms with E-state index in [-0.39, 0.29) is 29.5 Å². The molecule has 4 rings (SSSR count). The summed E-state index contributed by atoms with van der Waals surface area (Å²) in [5.41, 5.74) is 1.45. The third-order valence-electron chi connectivity index (χ3n) is 7.30. The van der Waals surface area contributed by atoms with Crippen LogP contribution in [-0.4, -0.2) is 73.9 Å². The highest BCUT2D eigenvalue weighted by atomic mass is 127. The van der Waals surface area contributed by atoms with Gasteiger partial charge in [-0.1, -0.05) is 19.3 Å². The van der Waals surface area contributed by atoms with Crippen LogP contribution in [0.25, 0.3) is 0 Å². The highest BCUT2D eigenvalue weighted by Crippen LogP contribution is 2.33. The third kappa shape index (κ3) is 7.42. The summed E-state index contributed by atoms with van der Waals surface area (Å²) in [6, 6.07) is 4.31. The van der Waals surface area contributed by atoms with Gasteiger partial charge < -0.3 is 20.3 Å². The molecule has 2 saturated heterocycles. The number of piperidine rings is 1. The number of pyridine rings is 1. The Labute approximate surface area is 217 Å². The Morgan fingerprint density at radius 2 is 1.76 bits per heavy atom. The van der Waals surface area contributed by atoms with E-state index in [1.165, 1.54) is 56.9 Å². The molecule has 2 aliphatic heterocycles. The Bertz CT molecular complexity index is 727. The van der Waals surface area contributed by atoms with Crippen molar-refractivity contribution in [1.82, 2.24) is 20.5 Å². The number of aromatic nitrogens is 1. The number of hydrogen-bond acceptors (Lipinski definition) is 5. The third-order valence-corrected chi connectivity index (χ3v) is 7.30. The summed E-state index contributed by atoms with van der Waals surface area (Å²) < 4.78 is 5.63. The molecule has 186 valence electrons. The van der Waals surface area contributed by atoms with Crippen LogP contribution in [0, 0.1) is 0 Å². The van der Waals surface area contributed by atoms with Crippen LogP contribution in [-0.2, 0) is 11.3 Å². The number of nitrogens with one attached hydrogen (secondary N) is 2. The number of guanidine groups is 1. The lowest BCUT2D eigenvalue weighted by atomic mass is 9.80. The Morgan fingerprint density at radius 1 is 1.03 bits per heavy atom. The van der Waals surface area contributed by atoms with Gasteiger partial charge in [-0.2, -0.15) is 0 Å². The zero-order valence-electron chi connectivity index (χ0n) is 20.4. The molecule has 0 amide bonds.